The van der Waals surface area contributed by atoms with Crippen molar-refractivity contribution in [2.45, 2.75) is 18.9 Å². The van der Waals surface area contributed by atoms with Crippen molar-refractivity contribution >= 4 is 17.3 Å². The van der Waals surface area contributed by atoms with Crippen LogP contribution in [0, 0.1) is 5.82 Å². The fourth-order valence-electron chi connectivity index (χ4n) is 2.35. The number of nitrogens with one attached hydrogen (secondary N) is 1. The van der Waals surface area contributed by atoms with Crippen LogP contribution >= 0.6 is 11.6 Å². The highest BCUT2D eigenvalue weighted by Crippen LogP contribution is 2.34. The molecule has 3 rings (SSSR count). The number of fused-ring (bicyclic) bond motifs is 1. The van der Waals surface area contributed by atoms with Crippen molar-refractivity contribution in [3.05, 3.63) is 58.6 Å². The highest BCUT2D eigenvalue weighted by atomic mass is 35.5. The maximum absolute atomic E-state index is 13.2. The number of anilines is 1. The second-order valence-electron chi connectivity index (χ2n) is 4.41. The summed E-state index contributed by atoms with van der Waals surface area (Å²) in [6.45, 7) is 0. The van der Waals surface area contributed by atoms with E-state index in [9.17, 15) is 4.39 Å². The van der Waals surface area contributed by atoms with Gasteiger partial charge in [-0.25, -0.2) is 4.39 Å². The summed E-state index contributed by atoms with van der Waals surface area (Å²) in [6.07, 6.45) is 3.74. The molecule has 4 heteroatoms. The predicted molar refractivity (Wildman–Crippen MR) is 70.3 cm³/mol. The molecule has 2 nitrogen and oxygen atoms in total. The number of halogens is 2. The first-order valence-electron chi connectivity index (χ1n) is 5.89. The van der Waals surface area contributed by atoms with E-state index in [0.29, 0.717) is 10.7 Å². The van der Waals surface area contributed by atoms with Crippen LogP contribution in [-0.2, 0) is 6.42 Å². The second-order valence-corrected chi connectivity index (χ2v) is 4.81. The molecular formula is C14H12ClFN2. The van der Waals surface area contributed by atoms with Crippen LogP contribution in [-0.4, -0.2) is 4.98 Å². The second kappa shape index (κ2) is 4.58. The molecule has 0 fully saturated rings. The van der Waals surface area contributed by atoms with E-state index in [1.807, 2.05) is 6.07 Å². The van der Waals surface area contributed by atoms with E-state index in [2.05, 4.69) is 16.4 Å². The predicted octanol–water partition coefficient (Wildman–Crippen LogP) is 3.97. The molecule has 0 saturated carbocycles. The Labute approximate surface area is 110 Å². The summed E-state index contributed by atoms with van der Waals surface area (Å²) in [7, 11) is 0. The first-order valence-corrected chi connectivity index (χ1v) is 6.27. The topological polar surface area (TPSA) is 24.9 Å². The van der Waals surface area contributed by atoms with Crippen LogP contribution in [0.1, 0.15) is 23.7 Å². The Morgan fingerprint density at radius 1 is 1.33 bits per heavy atom. The molecule has 1 N–H and O–H groups in total. The third-order valence-corrected chi connectivity index (χ3v) is 3.55. The minimum Gasteiger partial charge on any atom is -0.375 e. The first kappa shape index (κ1) is 11.5. The highest BCUT2D eigenvalue weighted by Gasteiger charge is 2.23. The summed E-state index contributed by atoms with van der Waals surface area (Å²) >= 11 is 6.05. The number of aromatic nitrogens is 1. The molecule has 0 amide bonds. The van der Waals surface area contributed by atoms with Crippen molar-refractivity contribution in [1.29, 1.82) is 0 Å². The molecule has 1 heterocycles. The first-order chi connectivity index (χ1) is 8.74. The minimum atomic E-state index is -0.291. The average molecular weight is 263 g/mol. The zero-order valence-electron chi connectivity index (χ0n) is 9.66. The molecule has 1 aromatic heterocycles. The van der Waals surface area contributed by atoms with Gasteiger partial charge in [0, 0.05) is 6.20 Å². The highest BCUT2D eigenvalue weighted by molar-refractivity contribution is 6.33. The van der Waals surface area contributed by atoms with Gasteiger partial charge in [-0.15, -0.1) is 0 Å². The van der Waals surface area contributed by atoms with E-state index < -0.39 is 0 Å². The number of benzene rings is 1. The third-order valence-electron chi connectivity index (χ3n) is 3.22. The van der Waals surface area contributed by atoms with Crippen LogP contribution in [0.15, 0.2) is 36.5 Å². The Morgan fingerprint density at radius 2 is 2.22 bits per heavy atom. The van der Waals surface area contributed by atoms with Crippen molar-refractivity contribution in [2.75, 3.05) is 5.32 Å². The zero-order valence-corrected chi connectivity index (χ0v) is 10.4. The summed E-state index contributed by atoms with van der Waals surface area (Å²) in [5.74, 6) is -0.291. The number of hydrogen-bond acceptors (Lipinski definition) is 2. The molecule has 18 heavy (non-hydrogen) atoms. The molecule has 0 spiro atoms. The van der Waals surface area contributed by atoms with Crippen molar-refractivity contribution < 1.29 is 4.39 Å². The standard InChI is InChI=1S/C14H12ClFN2/c15-11-5-4-10(16)8-13(11)18-12-6-3-9-2-1-7-17-14(9)12/h1-2,4-5,7-8,12,18H,3,6H2. The Balaban J connectivity index is 1.88. The van der Waals surface area contributed by atoms with Crippen LogP contribution in [0.4, 0.5) is 10.1 Å². The van der Waals surface area contributed by atoms with Crippen molar-refractivity contribution in [1.82, 2.24) is 4.98 Å². The molecule has 0 aliphatic heterocycles. The van der Waals surface area contributed by atoms with Gasteiger partial charge in [-0.3, -0.25) is 4.98 Å². The number of pyridine rings is 1. The fraction of sp³-hybridized carbons (Fsp3) is 0.214. The van der Waals surface area contributed by atoms with E-state index in [4.69, 9.17) is 11.6 Å². The van der Waals surface area contributed by atoms with Crippen molar-refractivity contribution in [3.8, 4) is 0 Å². The van der Waals surface area contributed by atoms with Gasteiger partial charge in [0.1, 0.15) is 5.82 Å². The average Bonchev–Trinajstić information content (AvgIpc) is 2.78. The Kier molecular flexibility index (Phi) is 2.92. The summed E-state index contributed by atoms with van der Waals surface area (Å²) in [4.78, 5) is 4.39. The minimum absolute atomic E-state index is 0.112. The normalized spacial score (nSPS) is 17.6. The van der Waals surface area contributed by atoms with E-state index in [1.165, 1.54) is 17.7 Å². The molecular weight excluding hydrogens is 251 g/mol. The Hall–Kier alpha value is -1.61. The van der Waals surface area contributed by atoms with Crippen molar-refractivity contribution in [3.63, 3.8) is 0 Å². The van der Waals surface area contributed by atoms with Gasteiger partial charge in [-0.2, -0.15) is 0 Å². The lowest BCUT2D eigenvalue weighted by Gasteiger charge is -2.15. The lowest BCUT2D eigenvalue weighted by atomic mass is 10.2. The van der Waals surface area contributed by atoms with Crippen LogP contribution < -0.4 is 5.32 Å². The van der Waals surface area contributed by atoms with Gasteiger partial charge < -0.3 is 5.32 Å². The van der Waals surface area contributed by atoms with Gasteiger partial charge in [0.05, 0.1) is 22.4 Å². The summed E-state index contributed by atoms with van der Waals surface area (Å²) in [6, 6.07) is 8.47. The van der Waals surface area contributed by atoms with Crippen LogP contribution in [0.3, 0.4) is 0 Å². The monoisotopic (exact) mass is 262 g/mol. The maximum Gasteiger partial charge on any atom is 0.125 e. The van der Waals surface area contributed by atoms with E-state index >= 15 is 0 Å². The fourth-order valence-corrected chi connectivity index (χ4v) is 2.52. The molecule has 1 aromatic carbocycles. The van der Waals surface area contributed by atoms with Gasteiger partial charge in [0.25, 0.3) is 0 Å². The summed E-state index contributed by atoms with van der Waals surface area (Å²) in [5, 5.41) is 3.80. The number of nitrogens with zero attached hydrogens (tertiary/aromatic N) is 1. The smallest absolute Gasteiger partial charge is 0.125 e. The summed E-state index contributed by atoms with van der Waals surface area (Å²) < 4.78 is 13.2. The van der Waals surface area contributed by atoms with E-state index in [0.717, 1.165) is 18.5 Å². The van der Waals surface area contributed by atoms with E-state index in [1.54, 1.807) is 12.3 Å². The van der Waals surface area contributed by atoms with Crippen molar-refractivity contribution in [2.24, 2.45) is 0 Å². The molecule has 2 aromatic rings. The maximum atomic E-state index is 13.2. The summed E-state index contributed by atoms with van der Waals surface area (Å²) in [5.41, 5.74) is 2.92. The molecule has 0 radical (unpaired) electrons. The van der Waals surface area contributed by atoms with Gasteiger partial charge in [0.15, 0.2) is 0 Å². The number of aryl methyl sites for hydroxylation is 1. The Bertz CT molecular complexity index is 586. The largest absolute Gasteiger partial charge is 0.375 e. The lowest BCUT2D eigenvalue weighted by molar-refractivity contribution is 0.627. The molecule has 0 bridgehead atoms. The molecule has 1 aliphatic carbocycles. The molecule has 0 saturated heterocycles. The SMILES string of the molecule is Fc1ccc(Cl)c(NC2CCc3cccnc32)c1. The number of rotatable bonds is 2. The molecule has 1 aliphatic rings. The van der Waals surface area contributed by atoms with Gasteiger partial charge in [-0.1, -0.05) is 17.7 Å². The lowest BCUT2D eigenvalue weighted by Crippen LogP contribution is -2.09. The molecule has 92 valence electrons. The van der Waals surface area contributed by atoms with Crippen LogP contribution in [0.25, 0.3) is 0 Å². The van der Waals surface area contributed by atoms with E-state index in [-0.39, 0.29) is 11.9 Å². The molecule has 1 unspecified atom stereocenters. The van der Waals surface area contributed by atoms with Crippen LogP contribution in [0.2, 0.25) is 5.02 Å². The number of hydrogen-bond donors (Lipinski definition) is 1. The Morgan fingerprint density at radius 3 is 3.11 bits per heavy atom. The quantitative estimate of drug-likeness (QED) is 0.886. The zero-order chi connectivity index (χ0) is 12.5. The van der Waals surface area contributed by atoms with Gasteiger partial charge >= 0.3 is 0 Å². The third kappa shape index (κ3) is 2.06. The molecule has 1 atom stereocenters. The van der Waals surface area contributed by atoms with Gasteiger partial charge in [0.2, 0.25) is 0 Å². The van der Waals surface area contributed by atoms with Crippen LogP contribution in [0.5, 0.6) is 0 Å². The van der Waals surface area contributed by atoms with Gasteiger partial charge in [-0.05, 0) is 42.7 Å².